The van der Waals surface area contributed by atoms with Crippen molar-refractivity contribution in [2.75, 3.05) is 25.0 Å². The fraction of sp³-hybridized carbons (Fsp3) is 0.333. The Kier molecular flexibility index (Phi) is 8.51. The van der Waals surface area contributed by atoms with Crippen molar-refractivity contribution in [2.45, 2.75) is 19.8 Å². The number of carbonyl (C=O) groups excluding carboxylic acids is 1. The summed E-state index contributed by atoms with van der Waals surface area (Å²) in [5.41, 5.74) is 1.14. The molecule has 1 saturated heterocycles. The van der Waals surface area contributed by atoms with Gasteiger partial charge in [0.1, 0.15) is 11.6 Å². The van der Waals surface area contributed by atoms with Crippen LogP contribution < -0.4 is 20.9 Å². The number of halogens is 2. The highest BCUT2D eigenvalue weighted by Crippen LogP contribution is 2.26. The summed E-state index contributed by atoms with van der Waals surface area (Å²) in [5.74, 6) is 7.37. The number of fused-ring (bicyclic) bond motifs is 1. The van der Waals surface area contributed by atoms with E-state index in [1.807, 2.05) is 18.2 Å². The summed E-state index contributed by atoms with van der Waals surface area (Å²) in [7, 11) is 1.66. The summed E-state index contributed by atoms with van der Waals surface area (Å²) < 4.78 is 6.88. The van der Waals surface area contributed by atoms with Gasteiger partial charge < -0.3 is 19.9 Å². The molecule has 1 aliphatic rings. The second-order valence-electron chi connectivity index (χ2n) is 7.96. The van der Waals surface area contributed by atoms with Crippen molar-refractivity contribution < 1.29 is 9.53 Å². The van der Waals surface area contributed by atoms with E-state index in [-0.39, 0.29) is 36.1 Å². The van der Waals surface area contributed by atoms with Crippen molar-refractivity contribution in [2.24, 2.45) is 13.0 Å². The van der Waals surface area contributed by atoms with Gasteiger partial charge in [-0.15, -0.1) is 12.4 Å². The van der Waals surface area contributed by atoms with Gasteiger partial charge in [0.25, 0.3) is 5.56 Å². The van der Waals surface area contributed by atoms with E-state index in [0.29, 0.717) is 22.6 Å². The van der Waals surface area contributed by atoms with Crippen molar-refractivity contribution in [1.82, 2.24) is 19.9 Å². The lowest BCUT2D eigenvalue weighted by Gasteiger charge is -2.17. The summed E-state index contributed by atoms with van der Waals surface area (Å²) in [4.78, 5) is 32.4. The maximum Gasteiger partial charge on any atom is 0.293 e. The molecule has 0 radical (unpaired) electrons. The third-order valence-electron chi connectivity index (χ3n) is 5.31. The Hall–Kier alpha value is -3.12. The average molecular weight is 502 g/mol. The first-order valence-corrected chi connectivity index (χ1v) is 11.1. The molecule has 0 aliphatic carbocycles. The minimum Gasteiger partial charge on any atom is -0.480 e. The number of nitrogens with zero attached hydrogens (tertiary/aromatic N) is 3. The van der Waals surface area contributed by atoms with Crippen LogP contribution in [0.4, 0.5) is 11.5 Å². The molecule has 2 aromatic heterocycles. The van der Waals surface area contributed by atoms with Gasteiger partial charge in [0.15, 0.2) is 17.4 Å². The molecule has 3 heterocycles. The zero-order chi connectivity index (χ0) is 23.4. The highest BCUT2D eigenvalue weighted by atomic mass is 35.5. The van der Waals surface area contributed by atoms with Gasteiger partial charge in [-0.05, 0) is 56.5 Å². The Morgan fingerprint density at radius 3 is 2.94 bits per heavy atom. The fourth-order valence-corrected chi connectivity index (χ4v) is 3.75. The molecule has 0 amide bonds. The lowest BCUT2D eigenvalue weighted by molar-refractivity contribution is -0.118. The molecule has 2 N–H and O–H groups in total. The monoisotopic (exact) mass is 501 g/mol. The lowest BCUT2D eigenvalue weighted by Crippen LogP contribution is -2.28. The number of aryl methyl sites for hydroxylation is 1. The molecule has 1 fully saturated rings. The van der Waals surface area contributed by atoms with E-state index in [1.165, 1.54) is 17.7 Å². The third-order valence-corrected chi connectivity index (χ3v) is 5.59. The van der Waals surface area contributed by atoms with E-state index in [1.54, 1.807) is 13.1 Å². The van der Waals surface area contributed by atoms with E-state index in [4.69, 9.17) is 16.3 Å². The quantitative estimate of drug-likeness (QED) is 0.516. The van der Waals surface area contributed by atoms with E-state index in [2.05, 4.69) is 32.4 Å². The van der Waals surface area contributed by atoms with Crippen LogP contribution in [0.1, 0.15) is 25.6 Å². The molecule has 1 unspecified atom stereocenters. The van der Waals surface area contributed by atoms with Crippen molar-refractivity contribution in [1.29, 1.82) is 0 Å². The second kappa shape index (κ2) is 11.3. The normalized spacial score (nSPS) is 15.1. The third kappa shape index (κ3) is 6.06. The Labute approximate surface area is 208 Å². The van der Waals surface area contributed by atoms with E-state index in [0.717, 1.165) is 42.5 Å². The number of pyridine rings is 1. The number of benzene rings is 1. The van der Waals surface area contributed by atoms with E-state index < -0.39 is 0 Å². The summed E-state index contributed by atoms with van der Waals surface area (Å²) in [5, 5.41) is 7.67. The second-order valence-corrected chi connectivity index (χ2v) is 8.37. The van der Waals surface area contributed by atoms with Crippen LogP contribution in [0.2, 0.25) is 5.02 Å². The zero-order valence-corrected chi connectivity index (χ0v) is 20.4. The standard InChI is InChI=1S/C24H24ClN5O3.ClH/c1-15(31)14-33-21-11-17-10-18(6-7-20(17)30(2)24(21)32)28-23-19(25)13-27-22(29-23)8-5-16-4-3-9-26-12-16;/h6-7,10-11,13,16,26H,3-4,9,12,14H2,1-2H3,(H,27,28,29);1H. The summed E-state index contributed by atoms with van der Waals surface area (Å²) >= 11 is 6.31. The number of ether oxygens (including phenoxy) is 1. The van der Waals surface area contributed by atoms with Gasteiger partial charge in [-0.1, -0.05) is 17.5 Å². The smallest absolute Gasteiger partial charge is 0.293 e. The SMILES string of the molecule is CC(=O)COc1cc2cc(Nc3nc(C#CC4CCCNC4)ncc3Cl)ccc2n(C)c1=O.Cl. The molecule has 178 valence electrons. The molecule has 1 aromatic carbocycles. The average Bonchev–Trinajstić information content (AvgIpc) is 2.81. The molecular formula is C24H25Cl2N5O3. The van der Waals surface area contributed by atoms with Gasteiger partial charge in [0, 0.05) is 30.6 Å². The number of carbonyl (C=O) groups is 1. The Bertz CT molecular complexity index is 1320. The first-order chi connectivity index (χ1) is 15.9. The van der Waals surface area contributed by atoms with Gasteiger partial charge in [0.2, 0.25) is 5.82 Å². The van der Waals surface area contributed by atoms with Crippen LogP contribution in [0.15, 0.2) is 35.3 Å². The van der Waals surface area contributed by atoms with Gasteiger partial charge in [-0.3, -0.25) is 9.59 Å². The van der Waals surface area contributed by atoms with Crippen molar-refractivity contribution >= 4 is 52.2 Å². The van der Waals surface area contributed by atoms with Crippen LogP contribution in [-0.4, -0.2) is 40.0 Å². The van der Waals surface area contributed by atoms with Crippen LogP contribution in [0, 0.1) is 17.8 Å². The van der Waals surface area contributed by atoms with Crippen LogP contribution in [0.5, 0.6) is 5.75 Å². The summed E-state index contributed by atoms with van der Waals surface area (Å²) in [6.07, 6.45) is 3.71. The first-order valence-electron chi connectivity index (χ1n) is 10.7. The number of hydrogen-bond acceptors (Lipinski definition) is 7. The molecule has 8 nitrogen and oxygen atoms in total. The molecule has 1 aliphatic heterocycles. The largest absolute Gasteiger partial charge is 0.480 e. The van der Waals surface area contributed by atoms with Gasteiger partial charge in [-0.25, -0.2) is 9.97 Å². The zero-order valence-electron chi connectivity index (χ0n) is 18.9. The predicted molar refractivity (Wildman–Crippen MR) is 135 cm³/mol. The topological polar surface area (TPSA) is 98.1 Å². The van der Waals surface area contributed by atoms with Crippen LogP contribution in [0.25, 0.3) is 10.9 Å². The Morgan fingerprint density at radius 2 is 2.21 bits per heavy atom. The molecule has 10 heteroatoms. The number of aromatic nitrogens is 3. The molecule has 0 spiro atoms. The molecule has 0 saturated carbocycles. The number of rotatable bonds is 5. The van der Waals surface area contributed by atoms with Crippen LogP contribution in [-0.2, 0) is 11.8 Å². The Morgan fingerprint density at radius 1 is 1.38 bits per heavy atom. The number of hydrogen-bond donors (Lipinski definition) is 2. The lowest BCUT2D eigenvalue weighted by atomic mass is 10.0. The number of anilines is 2. The summed E-state index contributed by atoms with van der Waals surface area (Å²) in [6, 6.07) is 7.13. The Balaban J connectivity index is 0.00000324. The molecule has 3 aromatic rings. The highest BCUT2D eigenvalue weighted by Gasteiger charge is 2.12. The maximum absolute atomic E-state index is 12.5. The van der Waals surface area contributed by atoms with Crippen LogP contribution >= 0.6 is 24.0 Å². The van der Waals surface area contributed by atoms with Crippen molar-refractivity contribution in [3.63, 3.8) is 0 Å². The minimum absolute atomic E-state index is 0. The number of ketones is 1. The molecule has 1 atom stereocenters. The maximum atomic E-state index is 12.5. The van der Waals surface area contributed by atoms with E-state index in [9.17, 15) is 9.59 Å². The molecule has 4 rings (SSSR count). The minimum atomic E-state index is -0.306. The van der Waals surface area contributed by atoms with Crippen molar-refractivity contribution in [3.8, 4) is 17.6 Å². The predicted octanol–water partition coefficient (Wildman–Crippen LogP) is 3.47. The van der Waals surface area contributed by atoms with E-state index >= 15 is 0 Å². The molecule has 34 heavy (non-hydrogen) atoms. The van der Waals surface area contributed by atoms with Gasteiger partial charge in [0.05, 0.1) is 11.7 Å². The number of nitrogens with one attached hydrogen (secondary N) is 2. The molecule has 0 bridgehead atoms. The highest BCUT2D eigenvalue weighted by molar-refractivity contribution is 6.32. The van der Waals surface area contributed by atoms with Crippen molar-refractivity contribution in [3.05, 3.63) is 51.7 Å². The first kappa shape index (κ1) is 25.5. The number of piperidine rings is 1. The van der Waals surface area contributed by atoms with Gasteiger partial charge >= 0.3 is 0 Å². The summed E-state index contributed by atoms with van der Waals surface area (Å²) in [6.45, 7) is 3.16. The molecular weight excluding hydrogens is 477 g/mol. The van der Waals surface area contributed by atoms with Crippen LogP contribution in [0.3, 0.4) is 0 Å². The van der Waals surface area contributed by atoms with Gasteiger partial charge in [-0.2, -0.15) is 0 Å². The fourth-order valence-electron chi connectivity index (χ4n) is 3.61. The number of Topliss-reactive ketones (excluding diaryl/α,β-unsaturated/α-hetero) is 1.